The molecule has 0 heterocycles. The third-order valence-corrected chi connectivity index (χ3v) is 9.69. The zero-order valence-corrected chi connectivity index (χ0v) is 20.0. The molecule has 3 aliphatic rings. The summed E-state index contributed by atoms with van der Waals surface area (Å²) in [4.78, 5) is 0. The topological polar surface area (TPSA) is 0 Å². The predicted octanol–water partition coefficient (Wildman–Crippen LogP) is 9.40. The molecule has 0 N–H and O–H groups in total. The minimum atomic E-state index is 0.732. The van der Waals surface area contributed by atoms with E-state index in [4.69, 9.17) is 0 Å². The Bertz CT molecular complexity index is 580. The van der Waals surface area contributed by atoms with Gasteiger partial charge in [0.05, 0.1) is 0 Å². The lowest BCUT2D eigenvalue weighted by molar-refractivity contribution is 0.102. The third kappa shape index (κ3) is 5.92. The molecule has 168 valence electrons. The van der Waals surface area contributed by atoms with Gasteiger partial charge < -0.3 is 0 Å². The van der Waals surface area contributed by atoms with Crippen LogP contribution in [-0.2, 0) is 0 Å². The number of hydrogen-bond donors (Lipinski definition) is 0. The molecule has 0 aromatic heterocycles. The van der Waals surface area contributed by atoms with E-state index < -0.39 is 0 Å². The van der Waals surface area contributed by atoms with E-state index >= 15 is 0 Å². The molecular weight excluding hydrogens is 360 g/mol. The molecule has 3 fully saturated rings. The van der Waals surface area contributed by atoms with Crippen molar-refractivity contribution in [1.82, 2.24) is 0 Å². The minimum absolute atomic E-state index is 0.732. The van der Waals surface area contributed by atoms with Crippen LogP contribution < -0.4 is 0 Å². The first kappa shape index (κ1) is 22.4. The molecule has 0 aliphatic heterocycles. The quantitative estimate of drug-likeness (QED) is 0.421. The Morgan fingerprint density at radius 2 is 1.07 bits per heavy atom. The molecule has 3 saturated carbocycles. The maximum Gasteiger partial charge on any atom is -0.0188 e. The summed E-state index contributed by atoms with van der Waals surface area (Å²) in [5.41, 5.74) is 1.54. The fourth-order valence-corrected chi connectivity index (χ4v) is 7.76. The average molecular weight is 409 g/mol. The summed E-state index contributed by atoms with van der Waals surface area (Å²) in [6.07, 6.45) is 22.8. The molecule has 0 radical (unpaired) electrons. The Kier molecular flexibility index (Phi) is 8.36. The smallest absolute Gasteiger partial charge is 0.0188 e. The molecule has 1 aromatic carbocycles. The van der Waals surface area contributed by atoms with E-state index in [-0.39, 0.29) is 0 Å². The highest BCUT2D eigenvalue weighted by molar-refractivity contribution is 5.18. The second kappa shape index (κ2) is 11.2. The molecule has 1 atom stereocenters. The maximum atomic E-state index is 2.44. The van der Waals surface area contributed by atoms with Gasteiger partial charge in [0.2, 0.25) is 0 Å². The standard InChI is InChI=1S/C30H48/c1-3-7-24-10-14-27(15-11-24)29-18-20-30(21-19-29)28-16-12-25(13-17-28)22-23(2)26-8-5-4-6-9-26/h4-6,8-9,23-25,27-30H,3,7,10-22H2,1-2H3/t23-,24?,25?,27?,28?,29?,30?/m1/s1. The van der Waals surface area contributed by atoms with Crippen LogP contribution in [0.25, 0.3) is 0 Å². The lowest BCUT2D eigenvalue weighted by atomic mass is 9.64. The van der Waals surface area contributed by atoms with Crippen LogP contribution in [0, 0.1) is 35.5 Å². The van der Waals surface area contributed by atoms with E-state index in [1.165, 1.54) is 44.9 Å². The average Bonchev–Trinajstić information content (AvgIpc) is 2.81. The largest absolute Gasteiger partial charge is 0.0654 e. The predicted molar refractivity (Wildman–Crippen MR) is 131 cm³/mol. The minimum Gasteiger partial charge on any atom is -0.0654 e. The van der Waals surface area contributed by atoms with Crippen molar-refractivity contribution in [3.05, 3.63) is 35.9 Å². The van der Waals surface area contributed by atoms with E-state index in [9.17, 15) is 0 Å². The number of hydrogen-bond acceptors (Lipinski definition) is 0. The van der Waals surface area contributed by atoms with Crippen molar-refractivity contribution in [1.29, 1.82) is 0 Å². The zero-order chi connectivity index (χ0) is 20.8. The van der Waals surface area contributed by atoms with Gasteiger partial charge in [-0.1, -0.05) is 82.7 Å². The fourth-order valence-electron chi connectivity index (χ4n) is 7.76. The van der Waals surface area contributed by atoms with E-state index in [0.717, 1.165) is 41.4 Å². The lowest BCUT2D eigenvalue weighted by Gasteiger charge is -2.41. The van der Waals surface area contributed by atoms with E-state index in [2.05, 4.69) is 44.2 Å². The molecule has 0 amide bonds. The fraction of sp³-hybridized carbons (Fsp3) is 0.800. The van der Waals surface area contributed by atoms with E-state index in [0.29, 0.717) is 0 Å². The summed E-state index contributed by atoms with van der Waals surface area (Å²) < 4.78 is 0. The molecule has 0 unspecified atom stereocenters. The first-order valence-electron chi connectivity index (χ1n) is 13.8. The summed E-state index contributed by atoms with van der Waals surface area (Å²) >= 11 is 0. The van der Waals surface area contributed by atoms with Crippen molar-refractivity contribution >= 4 is 0 Å². The number of benzene rings is 1. The highest BCUT2D eigenvalue weighted by atomic mass is 14.4. The van der Waals surface area contributed by atoms with Crippen molar-refractivity contribution in [2.45, 2.75) is 116 Å². The Morgan fingerprint density at radius 3 is 1.53 bits per heavy atom. The van der Waals surface area contributed by atoms with Gasteiger partial charge in [-0.25, -0.2) is 0 Å². The van der Waals surface area contributed by atoms with Gasteiger partial charge in [0, 0.05) is 0 Å². The molecule has 1 aromatic rings. The molecule has 30 heavy (non-hydrogen) atoms. The molecule has 3 aliphatic carbocycles. The normalized spacial score (nSPS) is 36.3. The van der Waals surface area contributed by atoms with Crippen LogP contribution in [0.3, 0.4) is 0 Å². The Morgan fingerprint density at radius 1 is 0.633 bits per heavy atom. The van der Waals surface area contributed by atoms with Crippen molar-refractivity contribution in [2.75, 3.05) is 0 Å². The van der Waals surface area contributed by atoms with Gasteiger partial charge in [0.25, 0.3) is 0 Å². The van der Waals surface area contributed by atoms with Crippen molar-refractivity contribution < 1.29 is 0 Å². The van der Waals surface area contributed by atoms with Gasteiger partial charge in [-0.05, 0) is 105 Å². The highest BCUT2D eigenvalue weighted by Crippen LogP contribution is 2.47. The first-order valence-corrected chi connectivity index (χ1v) is 13.8. The van der Waals surface area contributed by atoms with Crippen molar-refractivity contribution in [2.24, 2.45) is 35.5 Å². The summed E-state index contributed by atoms with van der Waals surface area (Å²) in [5.74, 6) is 7.10. The van der Waals surface area contributed by atoms with E-state index in [1.54, 1.807) is 56.9 Å². The third-order valence-electron chi connectivity index (χ3n) is 9.69. The van der Waals surface area contributed by atoms with Gasteiger partial charge >= 0.3 is 0 Å². The first-order chi connectivity index (χ1) is 14.7. The van der Waals surface area contributed by atoms with Crippen LogP contribution in [0.5, 0.6) is 0 Å². The summed E-state index contributed by atoms with van der Waals surface area (Å²) in [6.45, 7) is 4.81. The second-order valence-corrected chi connectivity index (χ2v) is 11.6. The van der Waals surface area contributed by atoms with Crippen LogP contribution >= 0.6 is 0 Å². The Balaban J connectivity index is 1.15. The molecule has 0 nitrogen and oxygen atoms in total. The maximum absolute atomic E-state index is 2.44. The van der Waals surface area contributed by atoms with Gasteiger partial charge in [0.15, 0.2) is 0 Å². The monoisotopic (exact) mass is 408 g/mol. The molecule has 0 spiro atoms. The van der Waals surface area contributed by atoms with Gasteiger partial charge in [0.1, 0.15) is 0 Å². The Labute approximate surface area is 187 Å². The molecule has 0 heteroatoms. The van der Waals surface area contributed by atoms with Gasteiger partial charge in [-0.15, -0.1) is 0 Å². The molecule has 0 saturated heterocycles. The highest BCUT2D eigenvalue weighted by Gasteiger charge is 2.34. The van der Waals surface area contributed by atoms with E-state index in [1.807, 2.05) is 0 Å². The zero-order valence-electron chi connectivity index (χ0n) is 20.0. The van der Waals surface area contributed by atoms with Crippen LogP contribution in [0.2, 0.25) is 0 Å². The van der Waals surface area contributed by atoms with Crippen LogP contribution in [-0.4, -0.2) is 0 Å². The summed E-state index contributed by atoms with van der Waals surface area (Å²) in [5, 5.41) is 0. The van der Waals surface area contributed by atoms with Crippen LogP contribution in [0.4, 0.5) is 0 Å². The second-order valence-electron chi connectivity index (χ2n) is 11.6. The number of rotatable bonds is 7. The Hall–Kier alpha value is -0.780. The summed E-state index contributed by atoms with van der Waals surface area (Å²) in [7, 11) is 0. The van der Waals surface area contributed by atoms with Crippen LogP contribution in [0.15, 0.2) is 30.3 Å². The lowest BCUT2D eigenvalue weighted by Crippen LogP contribution is -2.30. The molecular formula is C30H48. The van der Waals surface area contributed by atoms with Crippen molar-refractivity contribution in [3.8, 4) is 0 Å². The van der Waals surface area contributed by atoms with Crippen LogP contribution in [0.1, 0.15) is 122 Å². The van der Waals surface area contributed by atoms with Crippen molar-refractivity contribution in [3.63, 3.8) is 0 Å². The molecule has 0 bridgehead atoms. The summed E-state index contributed by atoms with van der Waals surface area (Å²) in [6, 6.07) is 11.2. The van der Waals surface area contributed by atoms with Gasteiger partial charge in [-0.3, -0.25) is 0 Å². The van der Waals surface area contributed by atoms with Gasteiger partial charge in [-0.2, -0.15) is 0 Å². The molecule has 4 rings (SSSR count). The SMILES string of the molecule is CCCC1CCC(C2CCC(C3CCC(C[C@@H](C)c4ccccc4)CC3)CC2)CC1.